The van der Waals surface area contributed by atoms with Gasteiger partial charge in [-0.2, -0.15) is 0 Å². The van der Waals surface area contributed by atoms with E-state index >= 15 is 0 Å². The zero-order valence-corrected chi connectivity index (χ0v) is 10.7. The molecule has 0 unspecified atom stereocenters. The molecule has 2 aromatic heterocycles. The average Bonchev–Trinajstić information content (AvgIpc) is 3.06. The maximum absolute atomic E-state index is 11.1. The highest BCUT2D eigenvalue weighted by Gasteiger charge is 2.16. The molecule has 0 amide bonds. The van der Waals surface area contributed by atoms with Crippen LogP contribution in [0.25, 0.3) is 10.9 Å². The minimum Gasteiger partial charge on any atom is -0.478 e. The lowest BCUT2D eigenvalue weighted by Crippen LogP contribution is -2.00. The number of para-hydroxylation sites is 1. The van der Waals surface area contributed by atoms with Crippen molar-refractivity contribution in [3.63, 3.8) is 0 Å². The number of rotatable bonds is 4. The van der Waals surface area contributed by atoms with Gasteiger partial charge in [0.25, 0.3) is 5.69 Å². The Labute approximate surface area is 118 Å². The molecular formula is C14H10N2O5. The van der Waals surface area contributed by atoms with Crippen molar-refractivity contribution in [2.75, 3.05) is 0 Å². The number of nitrogens with zero attached hydrogens (tertiary/aromatic N) is 2. The fraction of sp³-hybridized carbons (Fsp3) is 0.0714. The maximum atomic E-state index is 11.1. The molecule has 0 spiro atoms. The summed E-state index contributed by atoms with van der Waals surface area (Å²) in [6.45, 7) is 0.224. The van der Waals surface area contributed by atoms with Gasteiger partial charge in [0, 0.05) is 17.6 Å². The van der Waals surface area contributed by atoms with Crippen molar-refractivity contribution in [1.82, 2.24) is 4.57 Å². The zero-order valence-electron chi connectivity index (χ0n) is 10.7. The van der Waals surface area contributed by atoms with Crippen LogP contribution in [-0.4, -0.2) is 20.6 Å². The first-order chi connectivity index (χ1) is 10.1. The number of carboxylic acids is 1. The lowest BCUT2D eigenvalue weighted by atomic mass is 10.2. The first-order valence-electron chi connectivity index (χ1n) is 6.09. The van der Waals surface area contributed by atoms with E-state index in [1.54, 1.807) is 29.0 Å². The molecule has 1 N–H and O–H groups in total. The summed E-state index contributed by atoms with van der Waals surface area (Å²) in [6, 6.07) is 8.01. The number of hydrogen-bond acceptors (Lipinski definition) is 4. The lowest BCUT2D eigenvalue weighted by molar-refractivity contribution is -0.383. The molecule has 0 bridgehead atoms. The number of nitro groups is 1. The van der Waals surface area contributed by atoms with Crippen molar-refractivity contribution in [3.8, 4) is 0 Å². The summed E-state index contributed by atoms with van der Waals surface area (Å²) in [5.74, 6) is -0.656. The molecule has 0 saturated heterocycles. The lowest BCUT2D eigenvalue weighted by Gasteiger charge is -2.03. The van der Waals surface area contributed by atoms with Crippen LogP contribution in [0.5, 0.6) is 0 Å². The second kappa shape index (κ2) is 4.78. The summed E-state index contributed by atoms with van der Waals surface area (Å²) in [5.41, 5.74) is 0.536. The Bertz CT molecular complexity index is 846. The number of aromatic nitrogens is 1. The second-order valence-corrected chi connectivity index (χ2v) is 4.52. The number of hydrogen-bond donors (Lipinski definition) is 1. The smallest absolute Gasteiger partial charge is 0.338 e. The molecule has 0 radical (unpaired) electrons. The number of aromatic carboxylic acids is 1. The highest BCUT2D eigenvalue weighted by Crippen LogP contribution is 2.27. The fourth-order valence-electron chi connectivity index (χ4n) is 2.26. The van der Waals surface area contributed by atoms with E-state index < -0.39 is 10.9 Å². The zero-order chi connectivity index (χ0) is 15.0. The minimum absolute atomic E-state index is 0.00233. The summed E-state index contributed by atoms with van der Waals surface area (Å²) >= 11 is 0. The monoisotopic (exact) mass is 286 g/mol. The Hall–Kier alpha value is -3.09. The van der Waals surface area contributed by atoms with Gasteiger partial charge in [-0.25, -0.2) is 4.79 Å². The van der Waals surface area contributed by atoms with E-state index in [2.05, 4.69) is 0 Å². The Morgan fingerprint density at radius 1 is 1.38 bits per heavy atom. The number of benzene rings is 1. The molecule has 3 rings (SSSR count). The van der Waals surface area contributed by atoms with Crippen LogP contribution < -0.4 is 0 Å². The van der Waals surface area contributed by atoms with Crippen molar-refractivity contribution in [2.24, 2.45) is 0 Å². The van der Waals surface area contributed by atoms with E-state index in [4.69, 9.17) is 9.52 Å². The van der Waals surface area contributed by atoms with Crippen molar-refractivity contribution >= 4 is 22.6 Å². The van der Waals surface area contributed by atoms with Gasteiger partial charge in [0.1, 0.15) is 17.5 Å². The van der Waals surface area contributed by atoms with E-state index in [0.29, 0.717) is 11.3 Å². The molecule has 1 aromatic carbocycles. The molecule has 0 fully saturated rings. The molecule has 7 heteroatoms. The topological polar surface area (TPSA) is 98.5 Å². The third-order valence-corrected chi connectivity index (χ3v) is 3.19. The number of carboxylic acid groups (broad SMARTS) is 1. The van der Waals surface area contributed by atoms with Gasteiger partial charge in [0.15, 0.2) is 0 Å². The molecule has 0 aliphatic carbocycles. The third kappa shape index (κ3) is 2.25. The Morgan fingerprint density at radius 3 is 2.86 bits per heavy atom. The number of furan rings is 1. The predicted octanol–water partition coefficient (Wildman–Crippen LogP) is 2.89. The number of non-ortho nitro benzene ring substituents is 1. The third-order valence-electron chi connectivity index (χ3n) is 3.19. The van der Waals surface area contributed by atoms with Crippen LogP contribution in [0.4, 0.5) is 5.69 Å². The quantitative estimate of drug-likeness (QED) is 0.587. The Morgan fingerprint density at radius 2 is 2.19 bits per heavy atom. The molecule has 106 valence electrons. The van der Waals surface area contributed by atoms with Gasteiger partial charge >= 0.3 is 5.97 Å². The Kier molecular flexibility index (Phi) is 2.94. The van der Waals surface area contributed by atoms with E-state index in [9.17, 15) is 14.9 Å². The van der Waals surface area contributed by atoms with Gasteiger partial charge in [-0.15, -0.1) is 0 Å². The molecular weight excluding hydrogens is 276 g/mol. The van der Waals surface area contributed by atoms with Crippen molar-refractivity contribution in [1.29, 1.82) is 0 Å². The van der Waals surface area contributed by atoms with Crippen molar-refractivity contribution in [2.45, 2.75) is 6.54 Å². The predicted molar refractivity (Wildman–Crippen MR) is 73.4 cm³/mol. The SMILES string of the molecule is O=C(O)c1coc(Cn2ccc3cccc([N+](=O)[O-])c32)c1. The molecule has 3 aromatic rings. The highest BCUT2D eigenvalue weighted by atomic mass is 16.6. The molecule has 21 heavy (non-hydrogen) atoms. The average molecular weight is 286 g/mol. The first kappa shape index (κ1) is 12.9. The van der Waals surface area contributed by atoms with Crippen molar-refractivity contribution < 1.29 is 19.2 Å². The van der Waals surface area contributed by atoms with E-state index in [1.807, 2.05) is 0 Å². The van der Waals surface area contributed by atoms with Gasteiger partial charge in [0.2, 0.25) is 0 Å². The highest BCUT2D eigenvalue weighted by molar-refractivity contribution is 5.89. The van der Waals surface area contributed by atoms with Crippen LogP contribution in [0.15, 0.2) is 47.2 Å². The number of fused-ring (bicyclic) bond motifs is 1. The van der Waals surface area contributed by atoms with E-state index in [0.717, 1.165) is 11.6 Å². The van der Waals surface area contributed by atoms with Crippen LogP contribution in [0.3, 0.4) is 0 Å². The normalized spacial score (nSPS) is 10.9. The summed E-state index contributed by atoms with van der Waals surface area (Å²) in [7, 11) is 0. The molecule has 0 aliphatic heterocycles. The second-order valence-electron chi connectivity index (χ2n) is 4.52. The summed E-state index contributed by atoms with van der Waals surface area (Å²) < 4.78 is 6.84. The largest absolute Gasteiger partial charge is 0.478 e. The van der Waals surface area contributed by atoms with Crippen LogP contribution in [0.1, 0.15) is 16.1 Å². The summed E-state index contributed by atoms with van der Waals surface area (Å²) in [4.78, 5) is 21.5. The molecule has 0 atom stereocenters. The van der Waals surface area contributed by atoms with Gasteiger partial charge in [-0.05, 0) is 12.1 Å². The molecule has 2 heterocycles. The minimum atomic E-state index is -1.08. The Balaban J connectivity index is 2.04. The number of nitro benzene ring substituents is 1. The first-order valence-corrected chi connectivity index (χ1v) is 6.09. The van der Waals surface area contributed by atoms with Crippen molar-refractivity contribution in [3.05, 3.63) is 64.2 Å². The van der Waals surface area contributed by atoms with E-state index in [1.165, 1.54) is 12.1 Å². The van der Waals surface area contributed by atoms with Crippen LogP contribution in [-0.2, 0) is 6.54 Å². The maximum Gasteiger partial charge on any atom is 0.338 e. The standard InChI is InChI=1S/C14H10N2O5/c17-14(18)10-6-11(21-8-10)7-15-5-4-9-2-1-3-12(13(9)15)16(19)20/h1-6,8H,7H2,(H,17,18). The fourth-order valence-corrected chi connectivity index (χ4v) is 2.26. The van der Waals surface area contributed by atoms with Gasteiger partial charge in [-0.3, -0.25) is 10.1 Å². The van der Waals surface area contributed by atoms with Gasteiger partial charge < -0.3 is 14.1 Å². The van der Waals surface area contributed by atoms with Gasteiger partial charge in [-0.1, -0.05) is 12.1 Å². The summed E-state index contributed by atoms with van der Waals surface area (Å²) in [6.07, 6.45) is 2.86. The van der Waals surface area contributed by atoms with Gasteiger partial charge in [0.05, 0.1) is 17.0 Å². The van der Waals surface area contributed by atoms with E-state index in [-0.39, 0.29) is 17.8 Å². The number of carbonyl (C=O) groups is 1. The van der Waals surface area contributed by atoms with Crippen LogP contribution in [0.2, 0.25) is 0 Å². The van der Waals surface area contributed by atoms with Crippen LogP contribution >= 0.6 is 0 Å². The summed E-state index contributed by atoms with van der Waals surface area (Å²) in [5, 5.41) is 20.7. The van der Waals surface area contributed by atoms with Crippen LogP contribution in [0, 0.1) is 10.1 Å². The molecule has 0 saturated carbocycles. The molecule has 7 nitrogen and oxygen atoms in total. The molecule has 0 aliphatic rings.